The molecule has 0 radical (unpaired) electrons. The lowest BCUT2D eigenvalue weighted by atomic mass is 10.3. The van der Waals surface area contributed by atoms with Gasteiger partial charge in [-0.1, -0.05) is 18.2 Å². The van der Waals surface area contributed by atoms with E-state index in [4.69, 9.17) is 0 Å². The number of hydrogen-bond donors (Lipinski definition) is 0. The van der Waals surface area contributed by atoms with E-state index in [1.54, 1.807) is 42.9 Å². The molecular weight excluding hydrogens is 292 g/mol. The van der Waals surface area contributed by atoms with Gasteiger partial charge in [0.1, 0.15) is 0 Å². The minimum Gasteiger partial charge on any atom is -0.269 e. The first-order valence-corrected chi connectivity index (χ1v) is 8.28. The molecule has 4 nitrogen and oxygen atoms in total. The summed E-state index contributed by atoms with van der Waals surface area (Å²) < 4.78 is 27.4. The van der Waals surface area contributed by atoms with Crippen LogP contribution in [-0.4, -0.2) is 20.4 Å². The number of sulfonamides is 1. The maximum Gasteiger partial charge on any atom is 0.264 e. The Balaban J connectivity index is 2.07. The van der Waals surface area contributed by atoms with Crippen molar-refractivity contribution in [3.05, 3.63) is 54.0 Å². The van der Waals surface area contributed by atoms with E-state index in [-0.39, 0.29) is 4.90 Å². The highest BCUT2D eigenvalue weighted by atomic mass is 32.2. The van der Waals surface area contributed by atoms with Gasteiger partial charge in [-0.3, -0.25) is 4.31 Å². The van der Waals surface area contributed by atoms with E-state index in [2.05, 4.69) is 4.98 Å². The number of anilines is 1. The molecule has 1 heterocycles. The molecule has 6 heteroatoms. The maximum atomic E-state index is 12.6. The third-order valence-electron chi connectivity index (χ3n) is 3.08. The number of rotatable bonds is 3. The summed E-state index contributed by atoms with van der Waals surface area (Å²) in [6, 6.07) is 14.0. The summed E-state index contributed by atoms with van der Waals surface area (Å²) in [6.45, 7) is 0. The van der Waals surface area contributed by atoms with E-state index in [1.165, 1.54) is 15.6 Å². The topological polar surface area (TPSA) is 50.3 Å². The number of thiazole rings is 1. The third kappa shape index (κ3) is 2.17. The lowest BCUT2D eigenvalue weighted by molar-refractivity contribution is 0.594. The van der Waals surface area contributed by atoms with Crippen LogP contribution in [0, 0.1) is 0 Å². The minimum atomic E-state index is -3.55. The predicted octanol–water partition coefficient (Wildman–Crippen LogP) is 3.12. The molecule has 20 heavy (non-hydrogen) atoms. The van der Waals surface area contributed by atoms with Gasteiger partial charge in [0, 0.05) is 7.05 Å². The zero-order chi connectivity index (χ0) is 14.2. The highest BCUT2D eigenvalue weighted by Crippen LogP contribution is 2.26. The van der Waals surface area contributed by atoms with E-state index >= 15 is 0 Å². The number of aromatic nitrogens is 1. The van der Waals surface area contributed by atoms with Crippen LogP contribution in [-0.2, 0) is 10.0 Å². The van der Waals surface area contributed by atoms with E-state index < -0.39 is 10.0 Å². The molecular formula is C14H12N2O2S2. The lowest BCUT2D eigenvalue weighted by Crippen LogP contribution is -2.26. The maximum absolute atomic E-state index is 12.6. The van der Waals surface area contributed by atoms with Gasteiger partial charge in [-0.25, -0.2) is 13.4 Å². The van der Waals surface area contributed by atoms with Crippen molar-refractivity contribution in [1.82, 2.24) is 4.98 Å². The van der Waals surface area contributed by atoms with Gasteiger partial charge in [-0.15, -0.1) is 11.3 Å². The Bertz CT molecular complexity index is 842. The fourth-order valence-corrected chi connectivity index (χ4v) is 3.94. The van der Waals surface area contributed by atoms with Crippen molar-refractivity contribution in [3.8, 4) is 0 Å². The fourth-order valence-electron chi connectivity index (χ4n) is 1.93. The van der Waals surface area contributed by atoms with Crippen molar-refractivity contribution >= 4 is 37.3 Å². The Morgan fingerprint density at radius 2 is 1.85 bits per heavy atom. The first-order valence-electron chi connectivity index (χ1n) is 5.96. The third-order valence-corrected chi connectivity index (χ3v) is 5.65. The average Bonchev–Trinajstić information content (AvgIpc) is 2.94. The summed E-state index contributed by atoms with van der Waals surface area (Å²) in [6.07, 6.45) is 0. The summed E-state index contributed by atoms with van der Waals surface area (Å²) in [7, 11) is -1.99. The normalized spacial score (nSPS) is 11.7. The second kappa shape index (κ2) is 4.88. The highest BCUT2D eigenvalue weighted by Gasteiger charge is 2.21. The fraction of sp³-hybridized carbons (Fsp3) is 0.0714. The molecule has 1 aromatic heterocycles. The Morgan fingerprint density at radius 3 is 2.60 bits per heavy atom. The van der Waals surface area contributed by atoms with E-state index in [0.717, 1.165) is 10.2 Å². The van der Waals surface area contributed by atoms with Gasteiger partial charge in [0.05, 0.1) is 26.3 Å². The molecule has 0 spiro atoms. The van der Waals surface area contributed by atoms with Gasteiger partial charge in [0.15, 0.2) is 0 Å². The lowest BCUT2D eigenvalue weighted by Gasteiger charge is -2.19. The molecule has 0 unspecified atom stereocenters. The molecule has 0 aliphatic heterocycles. The summed E-state index contributed by atoms with van der Waals surface area (Å²) in [5.41, 5.74) is 3.16. The quantitative estimate of drug-likeness (QED) is 0.747. The first-order chi connectivity index (χ1) is 9.59. The van der Waals surface area contributed by atoms with Crippen LogP contribution in [0.2, 0.25) is 0 Å². The Morgan fingerprint density at radius 1 is 1.10 bits per heavy atom. The van der Waals surface area contributed by atoms with E-state index in [1.807, 2.05) is 18.2 Å². The molecule has 0 saturated carbocycles. The Labute approximate surface area is 121 Å². The van der Waals surface area contributed by atoms with Crippen molar-refractivity contribution in [2.24, 2.45) is 0 Å². The van der Waals surface area contributed by atoms with Crippen LogP contribution in [0.25, 0.3) is 10.2 Å². The second-order valence-electron chi connectivity index (χ2n) is 4.29. The SMILES string of the molecule is CN(c1ccccc1)S(=O)(=O)c1ccc2ncsc2c1. The molecule has 102 valence electrons. The number of hydrogen-bond acceptors (Lipinski definition) is 4. The smallest absolute Gasteiger partial charge is 0.264 e. The van der Waals surface area contributed by atoms with Gasteiger partial charge in [0.2, 0.25) is 0 Å². The van der Waals surface area contributed by atoms with Crippen LogP contribution in [0.5, 0.6) is 0 Å². The van der Waals surface area contributed by atoms with Gasteiger partial charge in [-0.2, -0.15) is 0 Å². The molecule has 0 amide bonds. The van der Waals surface area contributed by atoms with Crippen LogP contribution in [0.3, 0.4) is 0 Å². The largest absolute Gasteiger partial charge is 0.269 e. The molecule has 0 aliphatic carbocycles. The Kier molecular flexibility index (Phi) is 3.19. The van der Waals surface area contributed by atoms with E-state index in [0.29, 0.717) is 5.69 Å². The highest BCUT2D eigenvalue weighted by molar-refractivity contribution is 7.92. The molecule has 3 rings (SSSR count). The van der Waals surface area contributed by atoms with Crippen LogP contribution in [0.15, 0.2) is 58.9 Å². The molecule has 0 atom stereocenters. The number of fused-ring (bicyclic) bond motifs is 1. The molecule has 0 bridgehead atoms. The molecule has 2 aromatic carbocycles. The monoisotopic (exact) mass is 304 g/mol. The summed E-state index contributed by atoms with van der Waals surface area (Å²) in [5.74, 6) is 0. The summed E-state index contributed by atoms with van der Waals surface area (Å²) in [4.78, 5) is 4.43. The predicted molar refractivity (Wildman–Crippen MR) is 81.7 cm³/mol. The Hall–Kier alpha value is -1.92. The van der Waals surface area contributed by atoms with Gasteiger partial charge >= 0.3 is 0 Å². The molecule has 0 aliphatic rings. The van der Waals surface area contributed by atoms with Crippen molar-refractivity contribution in [2.45, 2.75) is 4.90 Å². The molecule has 3 aromatic rings. The van der Waals surface area contributed by atoms with E-state index in [9.17, 15) is 8.42 Å². The van der Waals surface area contributed by atoms with Crippen molar-refractivity contribution in [3.63, 3.8) is 0 Å². The van der Waals surface area contributed by atoms with Crippen molar-refractivity contribution < 1.29 is 8.42 Å². The van der Waals surface area contributed by atoms with Crippen LogP contribution in [0.4, 0.5) is 5.69 Å². The molecule has 0 saturated heterocycles. The van der Waals surface area contributed by atoms with Crippen LogP contribution < -0.4 is 4.31 Å². The van der Waals surface area contributed by atoms with Crippen LogP contribution in [0.1, 0.15) is 0 Å². The zero-order valence-corrected chi connectivity index (χ0v) is 12.4. The number of para-hydroxylation sites is 1. The standard InChI is InChI=1S/C14H12N2O2S2/c1-16(11-5-3-2-4-6-11)20(17,18)12-7-8-13-14(9-12)19-10-15-13/h2-10H,1H3. The van der Waals surface area contributed by atoms with Crippen molar-refractivity contribution in [2.75, 3.05) is 11.4 Å². The molecule has 0 N–H and O–H groups in total. The average molecular weight is 304 g/mol. The zero-order valence-electron chi connectivity index (χ0n) is 10.7. The van der Waals surface area contributed by atoms with Gasteiger partial charge in [0.25, 0.3) is 10.0 Å². The van der Waals surface area contributed by atoms with Crippen LogP contribution >= 0.6 is 11.3 Å². The van der Waals surface area contributed by atoms with Crippen molar-refractivity contribution in [1.29, 1.82) is 0 Å². The minimum absolute atomic E-state index is 0.278. The second-order valence-corrected chi connectivity index (χ2v) is 7.15. The summed E-state index contributed by atoms with van der Waals surface area (Å²) in [5, 5.41) is 0. The number of nitrogens with zero attached hydrogens (tertiary/aromatic N) is 2. The van der Waals surface area contributed by atoms with Gasteiger partial charge in [-0.05, 0) is 30.3 Å². The first kappa shape index (κ1) is 13.1. The van der Waals surface area contributed by atoms with Gasteiger partial charge < -0.3 is 0 Å². The number of benzene rings is 2. The summed E-state index contributed by atoms with van der Waals surface area (Å²) >= 11 is 1.43. The molecule has 0 fully saturated rings.